The highest BCUT2D eigenvalue weighted by atomic mass is 16.6. The summed E-state index contributed by atoms with van der Waals surface area (Å²) in [4.78, 5) is 50.5. The van der Waals surface area contributed by atoms with Crippen molar-refractivity contribution in [3.05, 3.63) is 65.7 Å². The minimum absolute atomic E-state index is 0.133. The largest absolute Gasteiger partial charge is 0.497 e. The Morgan fingerprint density at radius 1 is 0.917 bits per heavy atom. The number of aliphatic hydroxyl groups is 1. The number of ether oxygens (including phenoxy) is 2. The van der Waals surface area contributed by atoms with Gasteiger partial charge in [0.1, 0.15) is 30.5 Å². The molecule has 1 aliphatic rings. The van der Waals surface area contributed by atoms with E-state index in [1.165, 1.54) is 6.92 Å². The average Bonchev–Trinajstić information content (AvgIpc) is 3.74. The lowest BCUT2D eigenvalue weighted by Crippen LogP contribution is -2.56. The van der Waals surface area contributed by atoms with E-state index in [1.807, 2.05) is 30.3 Å². The van der Waals surface area contributed by atoms with E-state index in [9.17, 15) is 19.2 Å². The Labute approximate surface area is 209 Å². The van der Waals surface area contributed by atoms with Gasteiger partial charge in [-0.2, -0.15) is 0 Å². The Balaban J connectivity index is 1.77. The molecule has 10 heteroatoms. The Bertz CT molecular complexity index is 1050. The van der Waals surface area contributed by atoms with Crippen LogP contribution in [0.1, 0.15) is 18.1 Å². The number of hydrogen-bond acceptors (Lipinski definition) is 7. The van der Waals surface area contributed by atoms with Gasteiger partial charge >= 0.3 is 0 Å². The molecule has 1 aliphatic heterocycles. The van der Waals surface area contributed by atoms with Gasteiger partial charge in [0.15, 0.2) is 5.78 Å². The van der Waals surface area contributed by atoms with Gasteiger partial charge in [0, 0.05) is 6.42 Å². The molecule has 2 aromatic rings. The van der Waals surface area contributed by atoms with Crippen LogP contribution in [-0.2, 0) is 36.8 Å². The van der Waals surface area contributed by atoms with Gasteiger partial charge in [-0.3, -0.25) is 19.2 Å². The van der Waals surface area contributed by atoms with Crippen molar-refractivity contribution in [2.24, 2.45) is 0 Å². The number of ketones is 1. The molecule has 0 aromatic heterocycles. The normalized spacial score (nSPS) is 16.7. The number of methoxy groups -OCH3 is 1. The van der Waals surface area contributed by atoms with E-state index in [1.54, 1.807) is 31.4 Å². The smallest absolute Gasteiger partial charge is 0.246 e. The van der Waals surface area contributed by atoms with Crippen molar-refractivity contribution in [1.29, 1.82) is 0 Å². The molecule has 0 saturated carbocycles. The summed E-state index contributed by atoms with van der Waals surface area (Å²) in [6.07, 6.45) is -0.145. The molecule has 192 valence electrons. The second-order valence-corrected chi connectivity index (χ2v) is 8.54. The van der Waals surface area contributed by atoms with Crippen LogP contribution in [0.4, 0.5) is 0 Å². The van der Waals surface area contributed by atoms with Crippen molar-refractivity contribution < 1.29 is 33.8 Å². The first-order valence-electron chi connectivity index (χ1n) is 11.6. The average molecular weight is 498 g/mol. The molecule has 1 heterocycles. The van der Waals surface area contributed by atoms with Crippen LogP contribution in [0.2, 0.25) is 0 Å². The number of epoxide rings is 1. The molecular weight excluding hydrogens is 466 g/mol. The lowest BCUT2D eigenvalue weighted by molar-refractivity contribution is -0.133. The number of benzene rings is 2. The van der Waals surface area contributed by atoms with Crippen molar-refractivity contribution >= 4 is 23.5 Å². The molecule has 10 nitrogen and oxygen atoms in total. The number of Topliss-reactive ketones (excluding diaryl/α,β-unsaturated/α-hetero) is 1. The zero-order valence-corrected chi connectivity index (χ0v) is 20.2. The number of aliphatic hydroxyl groups excluding tert-OH is 1. The topological polar surface area (TPSA) is 146 Å². The summed E-state index contributed by atoms with van der Waals surface area (Å²) in [6, 6.07) is 13.4. The van der Waals surface area contributed by atoms with E-state index in [0.29, 0.717) is 12.4 Å². The first kappa shape index (κ1) is 26.8. The first-order chi connectivity index (χ1) is 17.3. The van der Waals surface area contributed by atoms with Gasteiger partial charge in [0.05, 0.1) is 19.8 Å². The van der Waals surface area contributed by atoms with Crippen molar-refractivity contribution in [3.63, 3.8) is 0 Å². The summed E-state index contributed by atoms with van der Waals surface area (Å²) >= 11 is 0. The van der Waals surface area contributed by atoms with Gasteiger partial charge in [0.25, 0.3) is 0 Å². The second kappa shape index (κ2) is 12.8. The third kappa shape index (κ3) is 7.89. The van der Waals surface area contributed by atoms with E-state index >= 15 is 0 Å². The van der Waals surface area contributed by atoms with Crippen molar-refractivity contribution in [2.75, 3.05) is 20.3 Å². The van der Waals surface area contributed by atoms with Crippen LogP contribution in [0.25, 0.3) is 0 Å². The van der Waals surface area contributed by atoms with Gasteiger partial charge in [0.2, 0.25) is 17.7 Å². The van der Waals surface area contributed by atoms with Crippen LogP contribution in [0.15, 0.2) is 54.6 Å². The van der Waals surface area contributed by atoms with Crippen LogP contribution in [-0.4, -0.2) is 73.2 Å². The maximum atomic E-state index is 13.4. The van der Waals surface area contributed by atoms with E-state index in [4.69, 9.17) is 14.6 Å². The first-order valence-corrected chi connectivity index (χ1v) is 11.6. The summed E-state index contributed by atoms with van der Waals surface area (Å²) < 4.78 is 10.3. The number of hydrogen-bond donors (Lipinski definition) is 4. The fourth-order valence-electron chi connectivity index (χ4n) is 3.64. The molecule has 0 spiro atoms. The molecular formula is C26H31N3O7. The van der Waals surface area contributed by atoms with Crippen molar-refractivity contribution in [1.82, 2.24) is 16.0 Å². The highest BCUT2D eigenvalue weighted by Crippen LogP contribution is 2.16. The lowest BCUT2D eigenvalue weighted by atomic mass is 9.99. The Morgan fingerprint density at radius 2 is 1.50 bits per heavy atom. The third-order valence-corrected chi connectivity index (χ3v) is 5.74. The highest BCUT2D eigenvalue weighted by Gasteiger charge is 2.38. The number of amides is 3. The predicted octanol–water partition coefficient (Wildman–Crippen LogP) is -0.0851. The molecule has 0 bridgehead atoms. The molecule has 0 aliphatic carbocycles. The predicted molar refractivity (Wildman–Crippen MR) is 130 cm³/mol. The third-order valence-electron chi connectivity index (χ3n) is 5.74. The van der Waals surface area contributed by atoms with E-state index in [0.717, 1.165) is 11.1 Å². The monoisotopic (exact) mass is 497 g/mol. The number of rotatable bonds is 13. The Hall–Kier alpha value is -3.76. The zero-order valence-electron chi connectivity index (χ0n) is 20.2. The maximum absolute atomic E-state index is 13.4. The summed E-state index contributed by atoms with van der Waals surface area (Å²) in [5, 5.41) is 16.7. The van der Waals surface area contributed by atoms with Crippen LogP contribution in [0.5, 0.6) is 5.75 Å². The lowest BCUT2D eigenvalue weighted by Gasteiger charge is -2.24. The Kier molecular flexibility index (Phi) is 9.54. The summed E-state index contributed by atoms with van der Waals surface area (Å²) in [7, 11) is 1.54. The second-order valence-electron chi connectivity index (χ2n) is 8.54. The highest BCUT2D eigenvalue weighted by molar-refractivity contribution is 5.96. The maximum Gasteiger partial charge on any atom is 0.246 e. The van der Waals surface area contributed by atoms with E-state index in [2.05, 4.69) is 16.0 Å². The number of carbonyl (C=O) groups is 4. The summed E-state index contributed by atoms with van der Waals surface area (Å²) in [5.74, 6) is -1.46. The minimum Gasteiger partial charge on any atom is -0.497 e. The molecule has 0 radical (unpaired) electrons. The van der Waals surface area contributed by atoms with Crippen molar-refractivity contribution in [3.8, 4) is 5.75 Å². The van der Waals surface area contributed by atoms with Crippen LogP contribution in [0, 0.1) is 0 Å². The van der Waals surface area contributed by atoms with Crippen LogP contribution in [0.3, 0.4) is 0 Å². The van der Waals surface area contributed by atoms with Crippen LogP contribution < -0.4 is 20.7 Å². The van der Waals surface area contributed by atoms with Gasteiger partial charge in [-0.25, -0.2) is 0 Å². The fraction of sp³-hybridized carbons (Fsp3) is 0.385. The molecule has 0 unspecified atom stereocenters. The molecule has 1 fully saturated rings. The standard InChI is InChI=1S/C26H31N3O7/c1-16(27-23(31)14-30)25(33)29-21(13-18-8-10-19(35-2)11-9-18)26(34)28-20(24(32)22-15-36-22)12-17-6-4-3-5-7-17/h3-11,16,20-22,30H,12-15H2,1-2H3,(H,27,31)(H,28,34)(H,29,33)/t16-,20-,21-,22+/m0/s1. The molecule has 36 heavy (non-hydrogen) atoms. The molecule has 2 aromatic carbocycles. The SMILES string of the molecule is COc1ccc(C[C@H](NC(=O)[C@H](C)NC(=O)CO)C(=O)N[C@@H](Cc2ccccc2)C(=O)[C@H]2CO2)cc1. The summed E-state index contributed by atoms with van der Waals surface area (Å²) in [5.41, 5.74) is 1.62. The fourth-order valence-corrected chi connectivity index (χ4v) is 3.64. The van der Waals surface area contributed by atoms with Gasteiger partial charge < -0.3 is 30.5 Å². The molecule has 1 saturated heterocycles. The quantitative estimate of drug-likeness (QED) is 0.283. The van der Waals surface area contributed by atoms with Crippen LogP contribution >= 0.6 is 0 Å². The van der Waals surface area contributed by atoms with Gasteiger partial charge in [-0.1, -0.05) is 42.5 Å². The minimum atomic E-state index is -1.04. The summed E-state index contributed by atoms with van der Waals surface area (Å²) in [6.45, 7) is 0.991. The Morgan fingerprint density at radius 3 is 2.08 bits per heavy atom. The number of carbonyl (C=O) groups excluding carboxylic acids is 4. The number of nitrogens with one attached hydrogen (secondary N) is 3. The van der Waals surface area contributed by atoms with Crippen molar-refractivity contribution in [2.45, 2.75) is 44.0 Å². The zero-order chi connectivity index (χ0) is 26.1. The molecule has 3 amide bonds. The molecule has 3 rings (SSSR count). The molecule has 4 atom stereocenters. The van der Waals surface area contributed by atoms with Gasteiger partial charge in [-0.15, -0.1) is 0 Å². The van der Waals surface area contributed by atoms with Gasteiger partial charge in [-0.05, 0) is 36.6 Å². The molecule has 4 N–H and O–H groups in total. The van der Waals surface area contributed by atoms with E-state index in [-0.39, 0.29) is 18.6 Å². The van der Waals surface area contributed by atoms with E-state index < -0.39 is 48.6 Å².